The van der Waals surface area contributed by atoms with E-state index in [0.717, 1.165) is 0 Å². The van der Waals surface area contributed by atoms with E-state index in [2.05, 4.69) is 0 Å². The molecule has 0 aromatic carbocycles. The number of hydrogen-bond acceptors (Lipinski definition) is 0. The maximum atomic E-state index is 0. The van der Waals surface area contributed by atoms with Crippen LogP contribution >= 0.6 is 0 Å². The molecule has 0 amide bonds. The largest absolute Gasteiger partial charge is 0.358 e. The fourth-order valence-corrected chi connectivity index (χ4v) is 0. The van der Waals surface area contributed by atoms with Gasteiger partial charge in [-0.1, -0.05) is 0 Å². The van der Waals surface area contributed by atoms with Gasteiger partial charge in [-0.05, 0) is 0 Å². The normalized spacial score (nSPS) is 0. The van der Waals surface area contributed by atoms with Crippen LogP contribution in [0.25, 0.3) is 0 Å². The SMILES string of the molecule is [CH3-].[CH3-].[CH3-].[CH3-].[CH3-].[CH3-].[CH3-].[CH3-].[CH3-].[Y].[Y].[Y].[Y].[Y].[Y].[Y].[Y].[Y]. The molecular formula is C9H27Y9-9. The third kappa shape index (κ3) is 163. The summed E-state index contributed by atoms with van der Waals surface area (Å²) in [5.74, 6) is 0. The van der Waals surface area contributed by atoms with Gasteiger partial charge < -0.3 is 66.8 Å². The van der Waals surface area contributed by atoms with Crippen molar-refractivity contribution in [2.24, 2.45) is 0 Å². The van der Waals surface area contributed by atoms with Crippen molar-refractivity contribution in [3.05, 3.63) is 66.8 Å². The summed E-state index contributed by atoms with van der Waals surface area (Å²) in [5.41, 5.74) is 0. The Morgan fingerprint density at radius 3 is 0.111 bits per heavy atom. The maximum absolute atomic E-state index is 0. The van der Waals surface area contributed by atoms with E-state index in [4.69, 9.17) is 0 Å². The van der Waals surface area contributed by atoms with Crippen LogP contribution in [0.1, 0.15) is 0 Å². The van der Waals surface area contributed by atoms with E-state index >= 15 is 0 Å². The van der Waals surface area contributed by atoms with Gasteiger partial charge in [-0.25, -0.2) is 0 Å². The average Bonchev–Trinajstić information content (AvgIpc) is 0. The Morgan fingerprint density at radius 2 is 0.111 bits per heavy atom. The summed E-state index contributed by atoms with van der Waals surface area (Å²) in [6.45, 7) is 0. The Balaban J connectivity index is 0. The van der Waals surface area contributed by atoms with Gasteiger partial charge in [-0.2, -0.15) is 0 Å². The Bertz CT molecular complexity index is 18.0. The van der Waals surface area contributed by atoms with E-state index in [0.29, 0.717) is 0 Å². The molecule has 0 bridgehead atoms. The van der Waals surface area contributed by atoms with E-state index < -0.39 is 0 Å². The van der Waals surface area contributed by atoms with Crippen LogP contribution in [0.3, 0.4) is 0 Å². The minimum atomic E-state index is 0. The summed E-state index contributed by atoms with van der Waals surface area (Å²) in [6.07, 6.45) is 0. The zero-order chi connectivity index (χ0) is 0. The van der Waals surface area contributed by atoms with Crippen LogP contribution < -0.4 is 0 Å². The van der Waals surface area contributed by atoms with Gasteiger partial charge in [-0.3, -0.25) is 0 Å². The van der Waals surface area contributed by atoms with Crippen LogP contribution in [0, 0.1) is 66.8 Å². The number of rotatable bonds is 0. The van der Waals surface area contributed by atoms with Gasteiger partial charge in [0.25, 0.3) is 0 Å². The molecule has 0 aliphatic heterocycles. The topological polar surface area (TPSA) is 0 Å². The molecule has 0 fully saturated rings. The minimum absolute atomic E-state index is 0. The summed E-state index contributed by atoms with van der Waals surface area (Å²) >= 11 is 0. The molecule has 0 N–H and O–H groups in total. The van der Waals surface area contributed by atoms with Crippen molar-refractivity contribution < 1.29 is 294 Å². The molecule has 0 saturated heterocycles. The van der Waals surface area contributed by atoms with E-state index in [9.17, 15) is 0 Å². The van der Waals surface area contributed by atoms with Gasteiger partial charge in [0.2, 0.25) is 0 Å². The van der Waals surface area contributed by atoms with Crippen LogP contribution in [0.2, 0.25) is 0 Å². The fourth-order valence-electron chi connectivity index (χ4n) is 0. The smallest absolute Gasteiger partial charge is 0 e. The van der Waals surface area contributed by atoms with Gasteiger partial charge in [0.05, 0.1) is 0 Å². The Hall–Kier alpha value is 9.94. The Labute approximate surface area is 350 Å². The summed E-state index contributed by atoms with van der Waals surface area (Å²) < 4.78 is 0. The van der Waals surface area contributed by atoms with Gasteiger partial charge in [-0.15, -0.1) is 0 Å². The second-order valence-corrected chi connectivity index (χ2v) is 0. The van der Waals surface area contributed by atoms with Gasteiger partial charge in [0.15, 0.2) is 0 Å². The van der Waals surface area contributed by atoms with E-state index in [1.54, 1.807) is 0 Å². The molecular weight excluding hydrogens is 908 g/mol. The van der Waals surface area contributed by atoms with Crippen molar-refractivity contribution in [1.29, 1.82) is 0 Å². The molecule has 0 unspecified atom stereocenters. The van der Waals surface area contributed by atoms with Crippen molar-refractivity contribution in [2.45, 2.75) is 0 Å². The molecule has 99 valence electrons. The first-order valence-corrected chi connectivity index (χ1v) is 0. The van der Waals surface area contributed by atoms with Crippen molar-refractivity contribution in [3.63, 3.8) is 0 Å². The van der Waals surface area contributed by atoms with Gasteiger partial charge in [0, 0.05) is 294 Å². The van der Waals surface area contributed by atoms with Crippen molar-refractivity contribution >= 4 is 0 Å². The minimum Gasteiger partial charge on any atom is -0.358 e. The molecule has 0 atom stereocenters. The van der Waals surface area contributed by atoms with Gasteiger partial charge >= 0.3 is 0 Å². The van der Waals surface area contributed by atoms with Gasteiger partial charge in [0.1, 0.15) is 0 Å². The first-order chi connectivity index (χ1) is 0. The quantitative estimate of drug-likeness (QED) is 0.323. The van der Waals surface area contributed by atoms with Crippen molar-refractivity contribution in [2.75, 3.05) is 0 Å². The standard InChI is InChI=1S/9CH3.9Y/h9*1H3;;;;;;;;;/q9*-1;;;;;;;;;. The molecule has 0 aromatic rings. The van der Waals surface area contributed by atoms with E-state index in [1.165, 1.54) is 0 Å². The van der Waals surface area contributed by atoms with Crippen molar-refractivity contribution in [3.8, 4) is 0 Å². The van der Waals surface area contributed by atoms with Crippen LogP contribution in [-0.2, 0) is 294 Å². The molecule has 9 heteroatoms. The Kier molecular flexibility index (Phi) is 2090. The third-order valence-corrected chi connectivity index (χ3v) is 0. The molecule has 0 aromatic heterocycles. The molecule has 0 saturated carbocycles. The first-order valence-electron chi connectivity index (χ1n) is 0. The summed E-state index contributed by atoms with van der Waals surface area (Å²) in [6, 6.07) is 0. The maximum Gasteiger partial charge on any atom is 0 e. The summed E-state index contributed by atoms with van der Waals surface area (Å²) in [4.78, 5) is 0. The molecule has 0 heterocycles. The molecule has 0 aliphatic rings. The van der Waals surface area contributed by atoms with Crippen molar-refractivity contribution in [1.82, 2.24) is 0 Å². The predicted octanol–water partition coefficient (Wildman–Crippen LogP) is 4.03. The Morgan fingerprint density at radius 1 is 0.111 bits per heavy atom. The number of hydrogen-bond donors (Lipinski definition) is 0. The van der Waals surface area contributed by atoms with Crippen LogP contribution in [0.15, 0.2) is 0 Å². The fraction of sp³-hybridized carbons (Fsp3) is 0. The predicted molar refractivity (Wildman–Crippen MR) is 57.7 cm³/mol. The molecule has 0 rings (SSSR count). The van der Waals surface area contributed by atoms with E-state index in [1.807, 2.05) is 0 Å². The monoisotopic (exact) mass is 935 g/mol. The molecule has 18 heavy (non-hydrogen) atoms. The van der Waals surface area contributed by atoms with Crippen LogP contribution in [0.4, 0.5) is 0 Å². The average molecular weight is 935 g/mol. The molecule has 0 nitrogen and oxygen atoms in total. The van der Waals surface area contributed by atoms with Crippen LogP contribution in [0.5, 0.6) is 0 Å². The summed E-state index contributed by atoms with van der Waals surface area (Å²) in [7, 11) is 0. The second-order valence-electron chi connectivity index (χ2n) is 0. The zero-order valence-corrected chi connectivity index (χ0v) is 39.7. The molecule has 9 radical (unpaired) electrons. The zero-order valence-electron chi connectivity index (χ0n) is 14.2. The second kappa shape index (κ2) is 184. The van der Waals surface area contributed by atoms with E-state index in [-0.39, 0.29) is 361 Å². The molecule has 0 spiro atoms. The first kappa shape index (κ1) is 205. The summed E-state index contributed by atoms with van der Waals surface area (Å²) in [5, 5.41) is 0. The van der Waals surface area contributed by atoms with Crippen LogP contribution in [-0.4, -0.2) is 0 Å². The third-order valence-electron chi connectivity index (χ3n) is 0. The molecule has 0 aliphatic carbocycles.